The fraction of sp³-hybridized carbons (Fsp3) is 0.455. The molecule has 82 valence electrons. The zero-order valence-corrected chi connectivity index (χ0v) is 8.36. The Hall–Kier alpha value is -1.03. The fourth-order valence-corrected chi connectivity index (χ4v) is 2.13. The normalized spacial score (nSPS) is 21.2. The lowest BCUT2D eigenvalue weighted by Gasteiger charge is -2.29. The molecule has 0 saturated heterocycles. The van der Waals surface area contributed by atoms with Crippen LogP contribution in [0.3, 0.4) is 0 Å². The Balaban J connectivity index is 2.50. The predicted molar refractivity (Wildman–Crippen MR) is 51.7 cm³/mol. The van der Waals surface area contributed by atoms with Gasteiger partial charge in [0.1, 0.15) is 0 Å². The predicted octanol–water partition coefficient (Wildman–Crippen LogP) is 2.74. The molecule has 0 aromatic heterocycles. The van der Waals surface area contributed by atoms with E-state index in [1.165, 1.54) is 0 Å². The highest BCUT2D eigenvalue weighted by Crippen LogP contribution is 2.39. The van der Waals surface area contributed by atoms with E-state index in [1.54, 1.807) is 25.1 Å². The van der Waals surface area contributed by atoms with E-state index in [-0.39, 0.29) is 6.54 Å². The molecule has 15 heavy (non-hydrogen) atoms. The van der Waals surface area contributed by atoms with Crippen LogP contribution in [0.1, 0.15) is 22.6 Å². The van der Waals surface area contributed by atoms with Crippen molar-refractivity contribution in [2.24, 2.45) is 0 Å². The number of nitrogens with one attached hydrogen (secondary N) is 1. The number of hydrogen-bond donors (Lipinski definition) is 1. The molecule has 1 nitrogen and oxygen atoms in total. The van der Waals surface area contributed by atoms with E-state index in [9.17, 15) is 13.2 Å². The smallest absolute Gasteiger partial charge is 0.312 e. The lowest BCUT2D eigenvalue weighted by atomic mass is 9.87. The summed E-state index contributed by atoms with van der Waals surface area (Å²) in [5.41, 5.74) is 1.96. The van der Waals surface area contributed by atoms with Crippen molar-refractivity contribution in [3.63, 3.8) is 0 Å². The Morgan fingerprint density at radius 3 is 2.73 bits per heavy atom. The Morgan fingerprint density at radius 1 is 1.33 bits per heavy atom. The second kappa shape index (κ2) is 3.52. The highest BCUT2D eigenvalue weighted by molar-refractivity contribution is 5.40. The monoisotopic (exact) mass is 215 g/mol. The topological polar surface area (TPSA) is 12.0 Å². The zero-order valence-electron chi connectivity index (χ0n) is 8.36. The molecule has 0 radical (unpaired) electrons. The SMILES string of the molecule is Cc1cccc2c1C(C(F)(F)F)CNC2. The van der Waals surface area contributed by atoms with Crippen molar-refractivity contribution in [2.45, 2.75) is 25.6 Å². The minimum Gasteiger partial charge on any atom is -0.312 e. The maximum absolute atomic E-state index is 12.8. The van der Waals surface area contributed by atoms with Crippen molar-refractivity contribution in [1.82, 2.24) is 5.32 Å². The molecule has 2 rings (SSSR count). The number of aryl methyl sites for hydroxylation is 1. The first-order chi connectivity index (χ1) is 7.00. The van der Waals surface area contributed by atoms with Gasteiger partial charge in [-0.1, -0.05) is 18.2 Å². The third-order valence-electron chi connectivity index (χ3n) is 2.82. The molecule has 0 saturated carbocycles. The van der Waals surface area contributed by atoms with Crippen molar-refractivity contribution in [1.29, 1.82) is 0 Å². The van der Waals surface area contributed by atoms with Gasteiger partial charge in [0, 0.05) is 13.1 Å². The van der Waals surface area contributed by atoms with Crippen molar-refractivity contribution < 1.29 is 13.2 Å². The van der Waals surface area contributed by atoms with Crippen molar-refractivity contribution >= 4 is 0 Å². The molecule has 4 heteroatoms. The van der Waals surface area contributed by atoms with Gasteiger partial charge in [-0.2, -0.15) is 13.2 Å². The van der Waals surface area contributed by atoms with Gasteiger partial charge in [0.15, 0.2) is 0 Å². The summed E-state index contributed by atoms with van der Waals surface area (Å²) in [4.78, 5) is 0. The van der Waals surface area contributed by atoms with Gasteiger partial charge in [0.25, 0.3) is 0 Å². The van der Waals surface area contributed by atoms with E-state index in [2.05, 4.69) is 5.32 Å². The summed E-state index contributed by atoms with van der Waals surface area (Å²) in [5, 5.41) is 2.80. The van der Waals surface area contributed by atoms with Crippen LogP contribution >= 0.6 is 0 Å². The van der Waals surface area contributed by atoms with Gasteiger partial charge in [0.05, 0.1) is 5.92 Å². The molecule has 1 atom stereocenters. The molecule has 1 aliphatic heterocycles. The Morgan fingerprint density at radius 2 is 2.07 bits per heavy atom. The first kappa shape index (κ1) is 10.5. The highest BCUT2D eigenvalue weighted by atomic mass is 19.4. The quantitative estimate of drug-likeness (QED) is 0.701. The van der Waals surface area contributed by atoms with Crippen LogP contribution in [0.5, 0.6) is 0 Å². The Kier molecular flexibility index (Phi) is 2.46. The fourth-order valence-electron chi connectivity index (χ4n) is 2.13. The van der Waals surface area contributed by atoms with Gasteiger partial charge in [-0.3, -0.25) is 0 Å². The summed E-state index contributed by atoms with van der Waals surface area (Å²) in [6.45, 7) is 2.26. The number of fused-ring (bicyclic) bond motifs is 1. The van der Waals surface area contributed by atoms with Crippen molar-refractivity contribution in [3.05, 3.63) is 34.9 Å². The molecule has 0 fully saturated rings. The molecule has 0 spiro atoms. The summed E-state index contributed by atoms with van der Waals surface area (Å²) < 4.78 is 38.3. The maximum Gasteiger partial charge on any atom is 0.396 e. The molecule has 1 heterocycles. The van der Waals surface area contributed by atoms with Crippen LogP contribution in [0.25, 0.3) is 0 Å². The lowest BCUT2D eigenvalue weighted by Crippen LogP contribution is -2.37. The van der Waals surface area contributed by atoms with E-state index in [1.807, 2.05) is 0 Å². The Bertz CT molecular complexity index is 371. The van der Waals surface area contributed by atoms with Gasteiger partial charge < -0.3 is 5.32 Å². The van der Waals surface area contributed by atoms with Gasteiger partial charge in [-0.15, -0.1) is 0 Å². The van der Waals surface area contributed by atoms with Crippen molar-refractivity contribution in [3.8, 4) is 0 Å². The van der Waals surface area contributed by atoms with Gasteiger partial charge >= 0.3 is 6.18 Å². The van der Waals surface area contributed by atoms with Crippen LogP contribution in [0.15, 0.2) is 18.2 Å². The molecule has 0 aliphatic carbocycles. The zero-order chi connectivity index (χ0) is 11.1. The van der Waals surface area contributed by atoms with Crippen LogP contribution in [0.4, 0.5) is 13.2 Å². The van der Waals surface area contributed by atoms with E-state index < -0.39 is 12.1 Å². The molecule has 1 aromatic carbocycles. The standard InChI is InChI=1S/C11H12F3N/c1-7-3-2-4-8-5-15-6-9(10(7)8)11(12,13)14/h2-4,9,15H,5-6H2,1H3. The number of hydrogen-bond acceptors (Lipinski definition) is 1. The lowest BCUT2D eigenvalue weighted by molar-refractivity contribution is -0.150. The van der Waals surface area contributed by atoms with E-state index in [0.29, 0.717) is 12.1 Å². The molecular weight excluding hydrogens is 203 g/mol. The maximum atomic E-state index is 12.8. The number of rotatable bonds is 0. The summed E-state index contributed by atoms with van der Waals surface area (Å²) in [7, 11) is 0. The van der Waals surface area contributed by atoms with Gasteiger partial charge in [0.2, 0.25) is 0 Å². The van der Waals surface area contributed by atoms with Crippen LogP contribution in [0.2, 0.25) is 0 Å². The van der Waals surface area contributed by atoms with E-state index >= 15 is 0 Å². The number of halogens is 3. The molecule has 0 bridgehead atoms. The molecule has 1 unspecified atom stereocenters. The van der Waals surface area contributed by atoms with Crippen LogP contribution in [-0.4, -0.2) is 12.7 Å². The third kappa shape index (κ3) is 1.86. The summed E-state index contributed by atoms with van der Waals surface area (Å²) in [5.74, 6) is -1.36. The van der Waals surface area contributed by atoms with Crippen LogP contribution in [-0.2, 0) is 6.54 Å². The van der Waals surface area contributed by atoms with E-state index in [4.69, 9.17) is 0 Å². The van der Waals surface area contributed by atoms with Gasteiger partial charge in [-0.05, 0) is 23.6 Å². The average Bonchev–Trinajstić information content (AvgIpc) is 2.16. The molecule has 1 aromatic rings. The minimum atomic E-state index is -4.16. The summed E-state index contributed by atoms with van der Waals surface area (Å²) in [6, 6.07) is 5.30. The summed E-state index contributed by atoms with van der Waals surface area (Å²) in [6.07, 6.45) is -4.16. The molecule has 1 aliphatic rings. The molecule has 1 N–H and O–H groups in total. The largest absolute Gasteiger partial charge is 0.396 e. The third-order valence-corrected chi connectivity index (χ3v) is 2.82. The highest BCUT2D eigenvalue weighted by Gasteiger charge is 2.43. The second-order valence-corrected chi connectivity index (χ2v) is 3.87. The van der Waals surface area contributed by atoms with Crippen molar-refractivity contribution in [2.75, 3.05) is 6.54 Å². The summed E-state index contributed by atoms with van der Waals surface area (Å²) >= 11 is 0. The van der Waals surface area contributed by atoms with E-state index in [0.717, 1.165) is 11.1 Å². The van der Waals surface area contributed by atoms with Crippen LogP contribution in [0, 0.1) is 6.92 Å². The van der Waals surface area contributed by atoms with Crippen LogP contribution < -0.4 is 5.32 Å². The van der Waals surface area contributed by atoms with Gasteiger partial charge in [-0.25, -0.2) is 0 Å². The second-order valence-electron chi connectivity index (χ2n) is 3.87. The minimum absolute atomic E-state index is 0.0125. The molecule has 0 amide bonds. The average molecular weight is 215 g/mol. The Labute approximate surface area is 86.3 Å². The first-order valence-corrected chi connectivity index (χ1v) is 4.86. The number of benzene rings is 1. The first-order valence-electron chi connectivity index (χ1n) is 4.86. The molecular formula is C11H12F3N. The number of alkyl halides is 3.